The van der Waals surface area contributed by atoms with Gasteiger partial charge in [0.05, 0.1) is 0 Å². The van der Waals surface area contributed by atoms with Crippen LogP contribution >= 0.6 is 39.9 Å². The maximum absolute atomic E-state index is 12.1. The minimum Gasteiger partial charge on any atom is -0.508 e. The summed E-state index contributed by atoms with van der Waals surface area (Å²) in [6, 6.07) is 14.7. The third-order valence-corrected chi connectivity index (χ3v) is 5.46. The first-order valence-corrected chi connectivity index (χ1v) is 10.2. The Morgan fingerprint density at radius 1 is 1.14 bits per heavy atom. The molecule has 1 saturated carbocycles. The highest BCUT2D eigenvalue weighted by atomic mass is 127. The van der Waals surface area contributed by atoms with E-state index in [4.69, 9.17) is 0 Å². The molecule has 2 aromatic carbocycles. The van der Waals surface area contributed by atoms with Crippen molar-refractivity contribution in [3.05, 3.63) is 58.6 Å². The Morgan fingerprint density at radius 3 is 2.45 bits per heavy atom. The van der Waals surface area contributed by atoms with Crippen molar-refractivity contribution in [1.82, 2.24) is 10.6 Å². The van der Waals surface area contributed by atoms with Gasteiger partial charge in [-0.3, -0.25) is 4.79 Å². The molecule has 6 nitrogen and oxygen atoms in total. The largest absolute Gasteiger partial charge is 0.508 e. The minimum atomic E-state index is -0.213. The number of phenolic OH excluding ortho intramolecular Hbond substituents is 1. The van der Waals surface area contributed by atoms with Crippen LogP contribution in [-0.4, -0.2) is 36.6 Å². The molecule has 1 fully saturated rings. The highest BCUT2D eigenvalue weighted by Crippen LogP contribution is 2.49. The van der Waals surface area contributed by atoms with Crippen LogP contribution in [0.4, 0.5) is 5.69 Å². The topological polar surface area (TPSA) is 85.8 Å². The standard InChI is InChI=1S/C21H25BrN4O2.HI/c1-2-23-20(24-13-19(28)26-15-7-9-16(27)10-8-15)25-14-21(11-12-21)17-5-3-4-6-18(17)22;/h3-10,27H,2,11-14H2,1H3,(H,26,28)(H2,23,24,25);1H. The number of aliphatic imine (C=N–C) groups is 1. The van der Waals surface area contributed by atoms with Crippen LogP contribution in [-0.2, 0) is 10.2 Å². The number of carbonyl (C=O) groups excluding carboxylic acids is 1. The molecule has 0 bridgehead atoms. The van der Waals surface area contributed by atoms with E-state index in [0.29, 0.717) is 18.2 Å². The van der Waals surface area contributed by atoms with E-state index in [1.54, 1.807) is 12.1 Å². The summed E-state index contributed by atoms with van der Waals surface area (Å²) in [5.74, 6) is 0.574. The molecule has 0 aromatic heterocycles. The average molecular weight is 573 g/mol. The third-order valence-electron chi connectivity index (χ3n) is 4.77. The Balaban J connectivity index is 0.00000300. The number of phenols is 1. The van der Waals surface area contributed by atoms with Crippen LogP contribution < -0.4 is 16.0 Å². The van der Waals surface area contributed by atoms with E-state index in [-0.39, 0.29) is 47.6 Å². The molecule has 1 aliphatic carbocycles. The number of guanidine groups is 1. The van der Waals surface area contributed by atoms with Crippen LogP contribution in [0.25, 0.3) is 0 Å². The van der Waals surface area contributed by atoms with Crippen molar-refractivity contribution < 1.29 is 9.90 Å². The number of anilines is 1. The molecule has 0 radical (unpaired) electrons. The second-order valence-electron chi connectivity index (χ2n) is 6.90. The Labute approximate surface area is 196 Å². The van der Waals surface area contributed by atoms with Crippen molar-refractivity contribution in [3.63, 3.8) is 0 Å². The van der Waals surface area contributed by atoms with Crippen LogP contribution in [0.2, 0.25) is 0 Å². The molecule has 0 heterocycles. The summed E-state index contributed by atoms with van der Waals surface area (Å²) >= 11 is 3.65. The van der Waals surface area contributed by atoms with Gasteiger partial charge in [-0.15, -0.1) is 24.0 Å². The molecule has 156 valence electrons. The normalized spacial score (nSPS) is 14.5. The number of carbonyl (C=O) groups is 1. The zero-order chi connectivity index (χ0) is 20.0. The number of aromatic hydroxyl groups is 1. The van der Waals surface area contributed by atoms with Crippen molar-refractivity contribution in [1.29, 1.82) is 0 Å². The monoisotopic (exact) mass is 572 g/mol. The van der Waals surface area contributed by atoms with Gasteiger partial charge >= 0.3 is 0 Å². The molecule has 0 atom stereocenters. The smallest absolute Gasteiger partial charge is 0.246 e. The van der Waals surface area contributed by atoms with Crippen LogP contribution in [0.15, 0.2) is 58.0 Å². The summed E-state index contributed by atoms with van der Waals surface area (Å²) in [7, 11) is 0. The average Bonchev–Trinajstić information content (AvgIpc) is 3.47. The number of rotatable bonds is 7. The first-order chi connectivity index (χ1) is 13.5. The molecule has 2 aromatic rings. The molecular formula is C21H26BrIN4O2. The lowest BCUT2D eigenvalue weighted by molar-refractivity contribution is -0.114. The minimum absolute atomic E-state index is 0. The summed E-state index contributed by atoms with van der Waals surface area (Å²) < 4.78 is 1.13. The van der Waals surface area contributed by atoms with E-state index in [9.17, 15) is 9.90 Å². The lowest BCUT2D eigenvalue weighted by Crippen LogP contribution is -2.41. The Bertz CT molecular complexity index is 854. The highest BCUT2D eigenvalue weighted by molar-refractivity contribution is 14.0. The third kappa shape index (κ3) is 6.60. The van der Waals surface area contributed by atoms with E-state index in [1.807, 2.05) is 13.0 Å². The quantitative estimate of drug-likeness (QED) is 0.175. The zero-order valence-corrected chi connectivity index (χ0v) is 20.2. The van der Waals surface area contributed by atoms with Gasteiger partial charge in [0.2, 0.25) is 5.91 Å². The number of hydrogen-bond donors (Lipinski definition) is 4. The molecule has 0 saturated heterocycles. The number of amides is 1. The predicted molar refractivity (Wildman–Crippen MR) is 131 cm³/mol. The molecule has 1 aliphatic rings. The van der Waals surface area contributed by atoms with E-state index in [0.717, 1.165) is 23.9 Å². The van der Waals surface area contributed by atoms with Gasteiger partial charge in [-0.1, -0.05) is 34.1 Å². The van der Waals surface area contributed by atoms with Gasteiger partial charge in [-0.05, 0) is 55.7 Å². The fraction of sp³-hybridized carbons (Fsp3) is 0.333. The summed E-state index contributed by atoms with van der Waals surface area (Å²) in [6.07, 6.45) is 2.26. The molecule has 4 N–H and O–H groups in total. The summed E-state index contributed by atoms with van der Waals surface area (Å²) in [6.45, 7) is 3.49. The first-order valence-electron chi connectivity index (χ1n) is 9.38. The molecule has 0 aliphatic heterocycles. The second-order valence-corrected chi connectivity index (χ2v) is 7.76. The van der Waals surface area contributed by atoms with E-state index in [2.05, 4.69) is 55.1 Å². The number of halogens is 2. The molecule has 0 unspecified atom stereocenters. The van der Waals surface area contributed by atoms with Crippen LogP contribution in [0.5, 0.6) is 5.75 Å². The van der Waals surface area contributed by atoms with Crippen LogP contribution in [0.3, 0.4) is 0 Å². The van der Waals surface area contributed by atoms with Gasteiger partial charge in [-0.2, -0.15) is 0 Å². The molecular weight excluding hydrogens is 547 g/mol. The lowest BCUT2D eigenvalue weighted by Gasteiger charge is -2.20. The second kappa shape index (κ2) is 10.8. The summed E-state index contributed by atoms with van der Waals surface area (Å²) in [5.41, 5.74) is 2.05. The van der Waals surface area contributed by atoms with Gasteiger partial charge in [0.15, 0.2) is 5.96 Å². The van der Waals surface area contributed by atoms with E-state index >= 15 is 0 Å². The number of nitrogens with zero attached hydrogens (tertiary/aromatic N) is 1. The summed E-state index contributed by atoms with van der Waals surface area (Å²) in [4.78, 5) is 16.5. The van der Waals surface area contributed by atoms with Crippen molar-refractivity contribution in [3.8, 4) is 5.75 Å². The van der Waals surface area contributed by atoms with Crippen molar-refractivity contribution in [2.45, 2.75) is 25.2 Å². The fourth-order valence-electron chi connectivity index (χ4n) is 3.07. The van der Waals surface area contributed by atoms with Gasteiger partial charge in [-0.25, -0.2) is 4.99 Å². The maximum Gasteiger partial charge on any atom is 0.246 e. The van der Waals surface area contributed by atoms with Crippen molar-refractivity contribution >= 4 is 57.5 Å². The van der Waals surface area contributed by atoms with E-state index < -0.39 is 0 Å². The Kier molecular flexibility index (Phi) is 8.76. The number of benzene rings is 2. The van der Waals surface area contributed by atoms with E-state index in [1.165, 1.54) is 17.7 Å². The van der Waals surface area contributed by atoms with Crippen LogP contribution in [0.1, 0.15) is 25.3 Å². The molecule has 1 amide bonds. The molecule has 29 heavy (non-hydrogen) atoms. The van der Waals surface area contributed by atoms with Crippen molar-refractivity contribution in [2.75, 3.05) is 25.0 Å². The lowest BCUT2D eigenvalue weighted by atomic mass is 9.96. The predicted octanol–water partition coefficient (Wildman–Crippen LogP) is 4.00. The van der Waals surface area contributed by atoms with Crippen molar-refractivity contribution in [2.24, 2.45) is 4.99 Å². The molecule has 0 spiro atoms. The summed E-state index contributed by atoms with van der Waals surface area (Å²) in [5, 5.41) is 18.6. The Hall–Kier alpha value is -1.81. The Morgan fingerprint density at radius 2 is 1.83 bits per heavy atom. The molecule has 8 heteroatoms. The highest BCUT2D eigenvalue weighted by Gasteiger charge is 2.45. The zero-order valence-electron chi connectivity index (χ0n) is 16.2. The SMILES string of the molecule is CCNC(=NCC(=O)Nc1ccc(O)cc1)NCC1(c2ccccc2Br)CC1.I. The van der Waals surface area contributed by atoms with Gasteiger partial charge in [0.1, 0.15) is 12.3 Å². The van der Waals surface area contributed by atoms with Gasteiger partial charge in [0, 0.05) is 28.7 Å². The van der Waals surface area contributed by atoms with Gasteiger partial charge in [0.25, 0.3) is 0 Å². The maximum atomic E-state index is 12.1. The fourth-order valence-corrected chi connectivity index (χ4v) is 3.78. The van der Waals surface area contributed by atoms with Gasteiger partial charge < -0.3 is 21.1 Å². The molecule has 3 rings (SSSR count). The first kappa shape index (κ1) is 23.5. The number of hydrogen-bond acceptors (Lipinski definition) is 3. The van der Waals surface area contributed by atoms with Crippen LogP contribution in [0, 0.1) is 0 Å². The number of nitrogens with one attached hydrogen (secondary N) is 3.